The molecule has 0 bridgehead atoms. The van der Waals surface area contributed by atoms with Crippen LogP contribution in [0.25, 0.3) is 22.4 Å². The second-order valence-corrected chi connectivity index (χ2v) is 10.3. The summed E-state index contributed by atoms with van der Waals surface area (Å²) < 4.78 is 13.1. The molecule has 0 atom stereocenters. The smallest absolute Gasteiger partial charge is 0.329 e. The molecule has 2 aromatic carbocycles. The molecule has 1 aliphatic carbocycles. The zero-order chi connectivity index (χ0) is 24.6. The number of thioether (sulfide) groups is 1. The molecule has 0 spiro atoms. The van der Waals surface area contributed by atoms with E-state index in [0.717, 1.165) is 66.1 Å². The number of ether oxygens (including phenoxy) is 2. The lowest BCUT2D eigenvalue weighted by Gasteiger charge is -2.28. The number of aromatic nitrogens is 2. The summed E-state index contributed by atoms with van der Waals surface area (Å²) in [5.74, 6) is 1.89. The molecule has 1 N–H and O–H groups in total. The summed E-state index contributed by atoms with van der Waals surface area (Å²) in [6.45, 7) is 3.40. The van der Waals surface area contributed by atoms with E-state index in [9.17, 15) is 4.79 Å². The fraction of sp³-hybridized carbons (Fsp3) is 0.429. The Bertz CT molecular complexity index is 1110. The Hall–Kier alpha value is -2.77. The van der Waals surface area contributed by atoms with Crippen LogP contribution in [-0.4, -0.2) is 46.9 Å². The summed E-state index contributed by atoms with van der Waals surface area (Å²) in [6, 6.07) is 18.6. The van der Waals surface area contributed by atoms with Crippen LogP contribution in [0, 0.1) is 11.8 Å². The molecule has 0 amide bonds. The molecule has 35 heavy (non-hydrogen) atoms. The molecule has 0 aliphatic heterocycles. The van der Waals surface area contributed by atoms with E-state index in [1.54, 1.807) is 7.11 Å². The molecule has 0 saturated heterocycles. The molecule has 6 nitrogen and oxygen atoms in total. The van der Waals surface area contributed by atoms with Crippen molar-refractivity contribution in [3.8, 4) is 28.1 Å². The molecular weight excluding hydrogens is 460 g/mol. The van der Waals surface area contributed by atoms with Gasteiger partial charge in [-0.3, -0.25) is 4.68 Å². The van der Waals surface area contributed by atoms with Gasteiger partial charge < -0.3 is 14.6 Å². The summed E-state index contributed by atoms with van der Waals surface area (Å²) in [7, 11) is 1.70. The third kappa shape index (κ3) is 6.47. The summed E-state index contributed by atoms with van der Waals surface area (Å²) in [6.07, 6.45) is 4.34. The van der Waals surface area contributed by atoms with Gasteiger partial charge in [0.1, 0.15) is 23.1 Å². The minimum Gasteiger partial charge on any atom is -0.497 e. The molecule has 1 aromatic heterocycles. The van der Waals surface area contributed by atoms with Crippen LogP contribution in [0.15, 0.2) is 59.6 Å². The molecule has 1 fully saturated rings. The van der Waals surface area contributed by atoms with Gasteiger partial charge >= 0.3 is 5.97 Å². The maximum absolute atomic E-state index is 10.7. The van der Waals surface area contributed by atoms with Gasteiger partial charge in [-0.15, -0.1) is 11.8 Å². The van der Waals surface area contributed by atoms with Crippen LogP contribution in [0.2, 0.25) is 0 Å². The highest BCUT2D eigenvalue weighted by Crippen LogP contribution is 2.41. The Kier molecular flexibility index (Phi) is 8.88. The molecular formula is C28H34N2O4S. The third-order valence-corrected chi connectivity index (χ3v) is 7.55. The van der Waals surface area contributed by atoms with Crippen molar-refractivity contribution in [2.75, 3.05) is 26.1 Å². The minimum atomic E-state index is -0.903. The fourth-order valence-electron chi connectivity index (χ4n) is 4.83. The van der Waals surface area contributed by atoms with Gasteiger partial charge in [0.25, 0.3) is 0 Å². The summed E-state index contributed by atoms with van der Waals surface area (Å²) >= 11 is 1.84. The van der Waals surface area contributed by atoms with Crippen molar-refractivity contribution in [2.45, 2.75) is 44.2 Å². The predicted octanol–water partition coefficient (Wildman–Crippen LogP) is 6.25. The summed E-state index contributed by atoms with van der Waals surface area (Å²) in [5.41, 5.74) is 4.40. The number of carboxylic acid groups (broad SMARTS) is 1. The molecule has 0 radical (unpaired) electrons. The topological polar surface area (TPSA) is 73.6 Å². The van der Waals surface area contributed by atoms with Crippen LogP contribution in [0.5, 0.6) is 5.75 Å². The average Bonchev–Trinajstić information content (AvgIpc) is 3.23. The highest BCUT2D eigenvalue weighted by Gasteiger charge is 2.26. The lowest BCUT2D eigenvalue weighted by molar-refractivity contribution is -0.142. The SMILES string of the molecule is CCSc1c(-c2cccc(OC)c2)c(-c2ccccc2)nn1C[C@H]1CC[C@H](COCC(=O)O)CC1. The first-order chi connectivity index (χ1) is 17.1. The molecule has 4 rings (SSSR count). The number of benzene rings is 2. The number of methoxy groups -OCH3 is 1. The highest BCUT2D eigenvalue weighted by atomic mass is 32.2. The maximum atomic E-state index is 10.7. The number of carboxylic acids is 1. The summed E-state index contributed by atoms with van der Waals surface area (Å²) in [5, 5.41) is 15.2. The molecule has 3 aromatic rings. The quantitative estimate of drug-likeness (QED) is 0.318. The molecule has 7 heteroatoms. The zero-order valence-corrected chi connectivity index (χ0v) is 21.3. The van der Waals surface area contributed by atoms with E-state index in [1.165, 1.54) is 5.03 Å². The van der Waals surface area contributed by atoms with E-state index in [1.807, 2.05) is 30.0 Å². The Morgan fingerprint density at radius 2 is 1.77 bits per heavy atom. The summed E-state index contributed by atoms with van der Waals surface area (Å²) in [4.78, 5) is 10.7. The van der Waals surface area contributed by atoms with Crippen molar-refractivity contribution in [2.24, 2.45) is 11.8 Å². The molecule has 186 valence electrons. The first-order valence-corrected chi connectivity index (χ1v) is 13.3. The fourth-order valence-corrected chi connectivity index (χ4v) is 5.73. The van der Waals surface area contributed by atoms with Crippen molar-refractivity contribution < 1.29 is 19.4 Å². The van der Waals surface area contributed by atoms with E-state index in [4.69, 9.17) is 19.7 Å². The van der Waals surface area contributed by atoms with Crippen molar-refractivity contribution >= 4 is 17.7 Å². The first kappa shape index (κ1) is 25.3. The molecule has 1 aliphatic rings. The lowest BCUT2D eigenvalue weighted by atomic mass is 9.82. The number of hydrogen-bond acceptors (Lipinski definition) is 5. The number of aliphatic carboxylic acids is 1. The van der Waals surface area contributed by atoms with Crippen LogP contribution >= 0.6 is 11.8 Å². The van der Waals surface area contributed by atoms with Crippen molar-refractivity contribution in [1.29, 1.82) is 0 Å². The number of carbonyl (C=O) groups is 1. The Balaban J connectivity index is 1.60. The van der Waals surface area contributed by atoms with Gasteiger partial charge in [-0.2, -0.15) is 5.10 Å². The highest BCUT2D eigenvalue weighted by molar-refractivity contribution is 7.99. The normalized spacial score (nSPS) is 17.9. The van der Waals surface area contributed by atoms with Gasteiger partial charge in [-0.25, -0.2) is 4.79 Å². The van der Waals surface area contributed by atoms with Crippen molar-refractivity contribution in [3.05, 3.63) is 54.6 Å². The van der Waals surface area contributed by atoms with Crippen LogP contribution in [0.3, 0.4) is 0 Å². The lowest BCUT2D eigenvalue weighted by Crippen LogP contribution is -2.23. The number of hydrogen-bond donors (Lipinski definition) is 1. The predicted molar refractivity (Wildman–Crippen MR) is 140 cm³/mol. The van der Waals surface area contributed by atoms with E-state index in [-0.39, 0.29) is 6.61 Å². The Labute approximate surface area is 211 Å². The van der Waals surface area contributed by atoms with Crippen LogP contribution in [-0.2, 0) is 16.1 Å². The van der Waals surface area contributed by atoms with E-state index in [2.05, 4.69) is 48.0 Å². The maximum Gasteiger partial charge on any atom is 0.329 e. The second-order valence-electron chi connectivity index (χ2n) is 9.04. The largest absolute Gasteiger partial charge is 0.497 e. The molecule has 1 heterocycles. The van der Waals surface area contributed by atoms with Gasteiger partial charge in [0.2, 0.25) is 0 Å². The first-order valence-electron chi connectivity index (χ1n) is 12.3. The monoisotopic (exact) mass is 494 g/mol. The van der Waals surface area contributed by atoms with Crippen LogP contribution < -0.4 is 4.74 Å². The number of rotatable bonds is 11. The number of nitrogens with zero attached hydrogens (tertiary/aromatic N) is 2. The van der Waals surface area contributed by atoms with Gasteiger partial charge in [0, 0.05) is 17.7 Å². The van der Waals surface area contributed by atoms with E-state index >= 15 is 0 Å². The van der Waals surface area contributed by atoms with Crippen molar-refractivity contribution in [3.63, 3.8) is 0 Å². The van der Waals surface area contributed by atoms with E-state index in [0.29, 0.717) is 18.4 Å². The zero-order valence-electron chi connectivity index (χ0n) is 20.5. The molecule has 0 unspecified atom stereocenters. The third-order valence-electron chi connectivity index (χ3n) is 6.57. The Morgan fingerprint density at radius 1 is 1.06 bits per heavy atom. The van der Waals surface area contributed by atoms with Gasteiger partial charge in [-0.05, 0) is 61.0 Å². The van der Waals surface area contributed by atoms with Crippen molar-refractivity contribution in [1.82, 2.24) is 9.78 Å². The van der Waals surface area contributed by atoms with Crippen LogP contribution in [0.1, 0.15) is 32.6 Å². The molecule has 1 saturated carbocycles. The van der Waals surface area contributed by atoms with Gasteiger partial charge in [0.15, 0.2) is 0 Å². The average molecular weight is 495 g/mol. The second kappa shape index (κ2) is 12.3. The van der Waals surface area contributed by atoms with E-state index < -0.39 is 5.97 Å². The van der Waals surface area contributed by atoms with Gasteiger partial charge in [-0.1, -0.05) is 49.4 Å². The van der Waals surface area contributed by atoms with Gasteiger partial charge in [0.05, 0.1) is 13.7 Å². The van der Waals surface area contributed by atoms with Crippen LogP contribution in [0.4, 0.5) is 0 Å². The standard InChI is InChI=1S/C28H34N2O4S/c1-3-35-28-26(23-10-7-11-24(16-23)33-2)27(22-8-5-4-6-9-22)29-30(28)17-20-12-14-21(15-13-20)18-34-19-25(31)32/h4-11,16,20-21H,3,12-15,17-19H2,1-2H3,(H,31,32)/t20-,21-. The minimum absolute atomic E-state index is 0.208. The Morgan fingerprint density at radius 3 is 2.46 bits per heavy atom.